The summed E-state index contributed by atoms with van der Waals surface area (Å²) in [5.41, 5.74) is 3.18. The molecule has 0 spiro atoms. The number of hydrogen-bond donors (Lipinski definition) is 1. The molecule has 150 valence electrons. The van der Waals surface area contributed by atoms with Gasteiger partial charge in [-0.2, -0.15) is 5.26 Å². The minimum atomic E-state index is -0.472. The predicted octanol–water partition coefficient (Wildman–Crippen LogP) is 6.43. The fourth-order valence-corrected chi connectivity index (χ4v) is 3.11. The highest BCUT2D eigenvalue weighted by Gasteiger charge is 2.10. The molecular formula is C24H18Cl2N2O2. The van der Waals surface area contributed by atoms with Crippen LogP contribution in [0.2, 0.25) is 10.0 Å². The highest BCUT2D eigenvalue weighted by molar-refractivity contribution is 6.35. The fourth-order valence-electron chi connectivity index (χ4n) is 2.64. The van der Waals surface area contributed by atoms with Crippen molar-refractivity contribution in [2.24, 2.45) is 0 Å². The Labute approximate surface area is 185 Å². The average molecular weight is 437 g/mol. The van der Waals surface area contributed by atoms with Gasteiger partial charge in [0.15, 0.2) is 0 Å². The first kappa shape index (κ1) is 21.4. The van der Waals surface area contributed by atoms with Gasteiger partial charge in [0.2, 0.25) is 0 Å². The minimum absolute atomic E-state index is 0.00605. The quantitative estimate of drug-likeness (QED) is 0.357. The van der Waals surface area contributed by atoms with Crippen LogP contribution in [0.1, 0.15) is 16.7 Å². The maximum atomic E-state index is 12.4. The summed E-state index contributed by atoms with van der Waals surface area (Å²) in [6, 6.07) is 21.6. The van der Waals surface area contributed by atoms with Crippen molar-refractivity contribution in [3.63, 3.8) is 0 Å². The van der Waals surface area contributed by atoms with E-state index >= 15 is 0 Å². The van der Waals surface area contributed by atoms with Crippen LogP contribution in [0.4, 0.5) is 5.69 Å². The number of nitrogens with zero attached hydrogens (tertiary/aromatic N) is 1. The Morgan fingerprint density at radius 1 is 1.10 bits per heavy atom. The lowest BCUT2D eigenvalue weighted by atomic mass is 10.1. The zero-order valence-electron chi connectivity index (χ0n) is 16.2. The molecule has 3 aromatic carbocycles. The summed E-state index contributed by atoms with van der Waals surface area (Å²) in [6.07, 6.45) is 1.52. The zero-order valence-corrected chi connectivity index (χ0v) is 17.7. The van der Waals surface area contributed by atoms with Gasteiger partial charge in [-0.15, -0.1) is 0 Å². The Morgan fingerprint density at radius 2 is 1.87 bits per heavy atom. The molecule has 0 aliphatic carbocycles. The van der Waals surface area contributed by atoms with Crippen LogP contribution in [-0.2, 0) is 11.4 Å². The van der Waals surface area contributed by atoms with Gasteiger partial charge in [0.05, 0.1) is 0 Å². The van der Waals surface area contributed by atoms with E-state index < -0.39 is 5.91 Å². The molecule has 4 nitrogen and oxygen atoms in total. The third-order valence-electron chi connectivity index (χ3n) is 4.25. The molecule has 0 aromatic heterocycles. The van der Waals surface area contributed by atoms with E-state index in [1.165, 1.54) is 6.08 Å². The lowest BCUT2D eigenvalue weighted by Crippen LogP contribution is -2.13. The molecule has 0 unspecified atom stereocenters. The maximum absolute atomic E-state index is 12.4. The summed E-state index contributed by atoms with van der Waals surface area (Å²) < 4.78 is 5.80. The van der Waals surface area contributed by atoms with E-state index in [0.717, 1.165) is 11.1 Å². The molecule has 0 aliphatic rings. The molecule has 0 bridgehead atoms. The fraction of sp³-hybridized carbons (Fsp3) is 0.0833. The summed E-state index contributed by atoms with van der Waals surface area (Å²) in [5.74, 6) is 0.117. The summed E-state index contributed by atoms with van der Waals surface area (Å²) >= 11 is 12.1. The van der Waals surface area contributed by atoms with Crippen LogP contribution in [0.5, 0.6) is 5.75 Å². The number of aryl methyl sites for hydroxylation is 1. The van der Waals surface area contributed by atoms with Crippen LogP contribution >= 0.6 is 23.2 Å². The first-order chi connectivity index (χ1) is 14.4. The molecule has 0 heterocycles. The lowest BCUT2D eigenvalue weighted by Gasteiger charge is -2.09. The van der Waals surface area contributed by atoms with Gasteiger partial charge in [0.1, 0.15) is 24.0 Å². The third kappa shape index (κ3) is 5.87. The van der Waals surface area contributed by atoms with Gasteiger partial charge in [-0.3, -0.25) is 4.79 Å². The topological polar surface area (TPSA) is 62.1 Å². The molecule has 0 aliphatic heterocycles. The number of nitrogens with one attached hydrogen (secondary N) is 1. The van der Waals surface area contributed by atoms with E-state index in [4.69, 9.17) is 27.9 Å². The number of anilines is 1. The number of nitriles is 1. The van der Waals surface area contributed by atoms with Gasteiger partial charge < -0.3 is 10.1 Å². The van der Waals surface area contributed by atoms with E-state index in [2.05, 4.69) is 5.32 Å². The Kier molecular flexibility index (Phi) is 7.13. The number of amides is 1. The van der Waals surface area contributed by atoms with Crippen molar-refractivity contribution in [2.45, 2.75) is 13.5 Å². The molecule has 0 radical (unpaired) electrons. The molecule has 3 aromatic rings. The zero-order chi connectivity index (χ0) is 21.5. The molecule has 0 atom stereocenters. The first-order valence-electron chi connectivity index (χ1n) is 9.11. The molecule has 0 saturated heterocycles. The van der Waals surface area contributed by atoms with Crippen LogP contribution in [0.15, 0.2) is 72.3 Å². The summed E-state index contributed by atoms with van der Waals surface area (Å²) in [5, 5.41) is 13.2. The summed E-state index contributed by atoms with van der Waals surface area (Å²) in [4.78, 5) is 12.4. The monoisotopic (exact) mass is 436 g/mol. The van der Waals surface area contributed by atoms with Crippen molar-refractivity contribution in [3.8, 4) is 11.8 Å². The number of hydrogen-bond acceptors (Lipinski definition) is 3. The minimum Gasteiger partial charge on any atom is -0.489 e. The second kappa shape index (κ2) is 9.98. The van der Waals surface area contributed by atoms with E-state index in [1.54, 1.807) is 54.6 Å². The average Bonchev–Trinajstić information content (AvgIpc) is 2.73. The van der Waals surface area contributed by atoms with Crippen LogP contribution < -0.4 is 10.1 Å². The van der Waals surface area contributed by atoms with Crippen LogP contribution in [0, 0.1) is 18.3 Å². The highest BCUT2D eigenvalue weighted by Crippen LogP contribution is 2.23. The van der Waals surface area contributed by atoms with Crippen molar-refractivity contribution in [1.82, 2.24) is 0 Å². The summed E-state index contributed by atoms with van der Waals surface area (Å²) in [6.45, 7) is 2.23. The van der Waals surface area contributed by atoms with E-state index in [9.17, 15) is 10.1 Å². The predicted molar refractivity (Wildman–Crippen MR) is 121 cm³/mol. The molecule has 6 heteroatoms. The van der Waals surface area contributed by atoms with E-state index in [-0.39, 0.29) is 12.2 Å². The molecular weight excluding hydrogens is 419 g/mol. The standard InChI is InChI=1S/C24H18Cl2N2O2/c1-16-5-9-21(10-6-16)28-24(29)19(14-27)11-17-3-2-4-22(12-17)30-15-18-7-8-20(25)13-23(18)26/h2-13H,15H2,1H3,(H,28,29)/b19-11+. The number of rotatable bonds is 6. The van der Waals surface area contributed by atoms with Gasteiger partial charge >= 0.3 is 0 Å². The van der Waals surface area contributed by atoms with E-state index in [0.29, 0.717) is 27.0 Å². The first-order valence-corrected chi connectivity index (χ1v) is 9.87. The normalized spacial score (nSPS) is 10.9. The molecule has 30 heavy (non-hydrogen) atoms. The van der Waals surface area contributed by atoms with Gasteiger partial charge in [-0.05, 0) is 55.0 Å². The number of carbonyl (C=O) groups excluding carboxylic acids is 1. The van der Waals surface area contributed by atoms with Crippen molar-refractivity contribution in [1.29, 1.82) is 5.26 Å². The molecule has 3 rings (SSSR count). The Balaban J connectivity index is 1.71. The SMILES string of the molecule is Cc1ccc(NC(=O)/C(C#N)=C/c2cccc(OCc3ccc(Cl)cc3Cl)c2)cc1. The van der Waals surface area contributed by atoms with Crippen LogP contribution in [0.3, 0.4) is 0 Å². The number of ether oxygens (including phenoxy) is 1. The molecule has 1 N–H and O–H groups in total. The molecule has 1 amide bonds. The van der Waals surface area contributed by atoms with Crippen LogP contribution in [0.25, 0.3) is 6.08 Å². The third-order valence-corrected chi connectivity index (χ3v) is 4.84. The van der Waals surface area contributed by atoms with Crippen molar-refractivity contribution in [2.75, 3.05) is 5.32 Å². The highest BCUT2D eigenvalue weighted by atomic mass is 35.5. The smallest absolute Gasteiger partial charge is 0.266 e. The van der Waals surface area contributed by atoms with Gasteiger partial charge in [-0.1, -0.05) is 59.1 Å². The molecule has 0 fully saturated rings. The van der Waals surface area contributed by atoms with Crippen molar-refractivity contribution in [3.05, 3.63) is 99.0 Å². The Bertz CT molecular complexity index is 1130. The Morgan fingerprint density at radius 3 is 2.57 bits per heavy atom. The van der Waals surface area contributed by atoms with Crippen molar-refractivity contribution < 1.29 is 9.53 Å². The van der Waals surface area contributed by atoms with Crippen LogP contribution in [-0.4, -0.2) is 5.91 Å². The van der Waals surface area contributed by atoms with Gasteiger partial charge in [0.25, 0.3) is 5.91 Å². The van der Waals surface area contributed by atoms with Gasteiger partial charge in [0, 0.05) is 21.3 Å². The lowest BCUT2D eigenvalue weighted by molar-refractivity contribution is -0.112. The largest absolute Gasteiger partial charge is 0.489 e. The Hall–Kier alpha value is -3.26. The maximum Gasteiger partial charge on any atom is 0.266 e. The molecule has 0 saturated carbocycles. The second-order valence-electron chi connectivity index (χ2n) is 6.59. The number of halogens is 2. The number of carbonyl (C=O) groups is 1. The van der Waals surface area contributed by atoms with E-state index in [1.807, 2.05) is 25.1 Å². The number of benzene rings is 3. The van der Waals surface area contributed by atoms with Crippen molar-refractivity contribution >= 4 is 40.9 Å². The van der Waals surface area contributed by atoms with Gasteiger partial charge in [-0.25, -0.2) is 0 Å². The second-order valence-corrected chi connectivity index (χ2v) is 7.43. The summed E-state index contributed by atoms with van der Waals surface area (Å²) in [7, 11) is 0.